The van der Waals surface area contributed by atoms with Crippen LogP contribution in [0.4, 0.5) is 0 Å². The van der Waals surface area contributed by atoms with Crippen molar-refractivity contribution >= 4 is 5.78 Å². The van der Waals surface area contributed by atoms with E-state index < -0.39 is 0 Å². The molecule has 0 aromatic heterocycles. The zero-order chi connectivity index (χ0) is 16.2. The molecule has 0 amide bonds. The summed E-state index contributed by atoms with van der Waals surface area (Å²) in [7, 11) is 0. The van der Waals surface area contributed by atoms with Gasteiger partial charge in [-0.2, -0.15) is 0 Å². The minimum Gasteiger partial charge on any atom is -0.353 e. The summed E-state index contributed by atoms with van der Waals surface area (Å²) >= 11 is 0. The normalized spacial score (nSPS) is 26.3. The number of rotatable bonds is 6. The summed E-state index contributed by atoms with van der Waals surface area (Å²) in [4.78, 5) is 12.4. The highest BCUT2D eigenvalue weighted by Gasteiger charge is 2.40. The smallest absolute Gasteiger partial charge is 0.158 e. The van der Waals surface area contributed by atoms with Gasteiger partial charge in [0.2, 0.25) is 0 Å². The Bertz CT molecular complexity index is 442. The molecule has 3 heteroatoms. The van der Waals surface area contributed by atoms with E-state index in [1.54, 1.807) is 0 Å². The maximum absolute atomic E-state index is 12.4. The van der Waals surface area contributed by atoms with Gasteiger partial charge >= 0.3 is 0 Å². The van der Waals surface area contributed by atoms with E-state index in [1.807, 2.05) is 13.0 Å². The lowest BCUT2D eigenvalue weighted by Crippen LogP contribution is -2.36. The van der Waals surface area contributed by atoms with Crippen LogP contribution >= 0.6 is 0 Å². The highest BCUT2D eigenvalue weighted by molar-refractivity contribution is 5.97. The fraction of sp³-hybridized carbons (Fsp3) is 0.737. The van der Waals surface area contributed by atoms with Crippen LogP contribution in [0.1, 0.15) is 59.3 Å². The van der Waals surface area contributed by atoms with Crippen LogP contribution in [0.25, 0.3) is 0 Å². The van der Waals surface area contributed by atoms with Crippen LogP contribution < -0.4 is 0 Å². The van der Waals surface area contributed by atoms with Gasteiger partial charge < -0.3 is 9.47 Å². The molecule has 22 heavy (non-hydrogen) atoms. The van der Waals surface area contributed by atoms with E-state index in [4.69, 9.17) is 9.47 Å². The van der Waals surface area contributed by atoms with E-state index in [0.29, 0.717) is 18.1 Å². The van der Waals surface area contributed by atoms with Crippen molar-refractivity contribution in [1.82, 2.24) is 0 Å². The van der Waals surface area contributed by atoms with Crippen LogP contribution in [-0.4, -0.2) is 25.3 Å². The van der Waals surface area contributed by atoms with Crippen LogP contribution in [0.3, 0.4) is 0 Å². The van der Waals surface area contributed by atoms with E-state index >= 15 is 0 Å². The molecule has 1 atom stereocenters. The SMILES string of the molecule is C=CCCC1=C(C)C(=O)CC(CCC2OCCCO2)C1(C)C. The van der Waals surface area contributed by atoms with Crippen molar-refractivity contribution in [2.24, 2.45) is 11.3 Å². The highest BCUT2D eigenvalue weighted by atomic mass is 16.7. The van der Waals surface area contributed by atoms with E-state index in [9.17, 15) is 4.79 Å². The van der Waals surface area contributed by atoms with Crippen LogP contribution in [0.5, 0.6) is 0 Å². The molecule has 0 radical (unpaired) electrons. The van der Waals surface area contributed by atoms with E-state index in [0.717, 1.165) is 50.9 Å². The second-order valence-electron chi connectivity index (χ2n) is 7.08. The molecule has 2 aliphatic rings. The van der Waals surface area contributed by atoms with Crippen LogP contribution in [0.2, 0.25) is 0 Å². The zero-order valence-corrected chi connectivity index (χ0v) is 14.3. The van der Waals surface area contributed by atoms with Gasteiger partial charge in [-0.3, -0.25) is 4.79 Å². The van der Waals surface area contributed by atoms with Crippen molar-refractivity contribution in [2.75, 3.05) is 13.2 Å². The summed E-state index contributed by atoms with van der Waals surface area (Å²) in [5.41, 5.74) is 2.36. The third-order valence-corrected chi connectivity index (χ3v) is 5.35. The summed E-state index contributed by atoms with van der Waals surface area (Å²) < 4.78 is 11.3. The Morgan fingerprint density at radius 3 is 2.59 bits per heavy atom. The van der Waals surface area contributed by atoms with E-state index in [1.165, 1.54) is 5.57 Å². The first-order valence-corrected chi connectivity index (χ1v) is 8.54. The molecule has 1 heterocycles. The molecule has 3 nitrogen and oxygen atoms in total. The monoisotopic (exact) mass is 306 g/mol. The lowest BCUT2D eigenvalue weighted by atomic mass is 9.62. The Morgan fingerprint density at radius 2 is 1.95 bits per heavy atom. The number of Topliss-reactive ketones (excluding diaryl/α,β-unsaturated/α-hetero) is 1. The van der Waals surface area contributed by atoms with Crippen LogP contribution in [0, 0.1) is 11.3 Å². The maximum Gasteiger partial charge on any atom is 0.158 e. The van der Waals surface area contributed by atoms with Gasteiger partial charge in [-0.15, -0.1) is 6.58 Å². The van der Waals surface area contributed by atoms with Crippen LogP contribution in [0.15, 0.2) is 23.8 Å². The second kappa shape index (κ2) is 7.56. The Hall–Kier alpha value is -0.930. The fourth-order valence-corrected chi connectivity index (χ4v) is 3.79. The van der Waals surface area contributed by atoms with Gasteiger partial charge in [0.25, 0.3) is 0 Å². The predicted molar refractivity (Wildman–Crippen MR) is 88.6 cm³/mol. The Kier molecular flexibility index (Phi) is 5.99. The summed E-state index contributed by atoms with van der Waals surface area (Å²) in [6.45, 7) is 12.0. The van der Waals surface area contributed by atoms with Crippen molar-refractivity contribution < 1.29 is 14.3 Å². The number of carbonyl (C=O) groups is 1. The van der Waals surface area contributed by atoms with Gasteiger partial charge in [-0.1, -0.05) is 25.5 Å². The van der Waals surface area contributed by atoms with Gasteiger partial charge in [0.15, 0.2) is 12.1 Å². The standard InChI is InChI=1S/C19H30O3/c1-5-6-8-16-14(2)17(20)13-15(19(16,3)4)9-10-18-21-11-7-12-22-18/h5,15,18H,1,6-13H2,2-4H3. The minimum absolute atomic E-state index is 0.0651. The Balaban J connectivity index is 2.05. The molecule has 0 spiro atoms. The first kappa shape index (κ1) is 17.4. The molecule has 124 valence electrons. The minimum atomic E-state index is -0.0803. The molecular formula is C19H30O3. The molecule has 0 N–H and O–H groups in total. The largest absolute Gasteiger partial charge is 0.353 e. The Morgan fingerprint density at radius 1 is 1.27 bits per heavy atom. The molecule has 2 rings (SSSR count). The average Bonchev–Trinajstić information content (AvgIpc) is 2.50. The van der Waals surface area contributed by atoms with Crippen molar-refractivity contribution in [1.29, 1.82) is 0 Å². The molecule has 1 aliphatic heterocycles. The lowest BCUT2D eigenvalue weighted by Gasteiger charge is -2.42. The van der Waals surface area contributed by atoms with Crippen molar-refractivity contribution in [3.63, 3.8) is 0 Å². The maximum atomic E-state index is 12.4. The number of ketones is 1. The Labute approximate surface area is 134 Å². The molecule has 1 aliphatic carbocycles. The summed E-state index contributed by atoms with van der Waals surface area (Å²) in [6, 6.07) is 0. The van der Waals surface area contributed by atoms with Gasteiger partial charge in [0.05, 0.1) is 13.2 Å². The second-order valence-corrected chi connectivity index (χ2v) is 7.08. The molecule has 0 aromatic carbocycles. The topological polar surface area (TPSA) is 35.5 Å². The lowest BCUT2D eigenvalue weighted by molar-refractivity contribution is -0.183. The number of carbonyl (C=O) groups excluding carboxylic acids is 1. The molecule has 0 bridgehead atoms. The summed E-state index contributed by atoms with van der Waals surface area (Å²) in [5.74, 6) is 0.687. The highest BCUT2D eigenvalue weighted by Crippen LogP contribution is 2.47. The predicted octanol–water partition coefficient (Wildman–Crippen LogP) is 4.43. The van der Waals surface area contributed by atoms with E-state index in [2.05, 4.69) is 20.4 Å². The van der Waals surface area contributed by atoms with Crippen molar-refractivity contribution in [3.05, 3.63) is 23.8 Å². The number of ether oxygens (including phenoxy) is 2. The first-order chi connectivity index (χ1) is 10.5. The summed E-state index contributed by atoms with van der Waals surface area (Å²) in [5, 5.41) is 0. The fourth-order valence-electron chi connectivity index (χ4n) is 3.79. The van der Waals surface area contributed by atoms with Gasteiger partial charge in [-0.25, -0.2) is 0 Å². The van der Waals surface area contributed by atoms with Gasteiger partial charge in [-0.05, 0) is 55.9 Å². The zero-order valence-electron chi connectivity index (χ0n) is 14.3. The molecule has 1 fully saturated rings. The van der Waals surface area contributed by atoms with Crippen LogP contribution in [-0.2, 0) is 14.3 Å². The van der Waals surface area contributed by atoms with Crippen molar-refractivity contribution in [3.8, 4) is 0 Å². The first-order valence-electron chi connectivity index (χ1n) is 8.54. The third-order valence-electron chi connectivity index (χ3n) is 5.35. The van der Waals surface area contributed by atoms with Gasteiger partial charge in [0, 0.05) is 6.42 Å². The summed E-state index contributed by atoms with van der Waals surface area (Å²) in [6.07, 6.45) is 7.24. The van der Waals surface area contributed by atoms with E-state index in [-0.39, 0.29) is 11.7 Å². The number of hydrogen-bond donors (Lipinski definition) is 0. The van der Waals surface area contributed by atoms with Gasteiger partial charge in [0.1, 0.15) is 0 Å². The molecule has 0 aromatic rings. The number of hydrogen-bond acceptors (Lipinski definition) is 3. The number of allylic oxidation sites excluding steroid dienone is 3. The molecular weight excluding hydrogens is 276 g/mol. The molecule has 0 saturated carbocycles. The third kappa shape index (κ3) is 3.88. The average molecular weight is 306 g/mol. The molecule has 1 unspecified atom stereocenters. The van der Waals surface area contributed by atoms with Crippen molar-refractivity contribution in [2.45, 2.75) is 65.6 Å². The quantitative estimate of drug-likeness (QED) is 0.681. The molecule has 1 saturated heterocycles.